The Labute approximate surface area is 142 Å². The van der Waals surface area contributed by atoms with Crippen LogP contribution >= 0.6 is 0 Å². The van der Waals surface area contributed by atoms with Gasteiger partial charge >= 0.3 is 0 Å². The SMILES string of the molecule is CCCNc1ccc(NC(=O)Cc2ccc(OC)c(OC)c2)nc1. The number of carbonyl (C=O) groups is 1. The van der Waals surface area contributed by atoms with Gasteiger partial charge in [0.05, 0.1) is 32.5 Å². The number of pyridine rings is 1. The number of carbonyl (C=O) groups excluding carboxylic acids is 1. The van der Waals surface area contributed by atoms with E-state index in [9.17, 15) is 4.79 Å². The van der Waals surface area contributed by atoms with Crippen molar-refractivity contribution in [1.29, 1.82) is 0 Å². The fraction of sp³-hybridized carbons (Fsp3) is 0.333. The molecule has 0 aliphatic carbocycles. The highest BCUT2D eigenvalue weighted by molar-refractivity contribution is 5.91. The van der Waals surface area contributed by atoms with Crippen molar-refractivity contribution in [3.05, 3.63) is 42.1 Å². The van der Waals surface area contributed by atoms with E-state index in [0.29, 0.717) is 17.3 Å². The van der Waals surface area contributed by atoms with Gasteiger partial charge in [0.1, 0.15) is 5.82 Å². The largest absolute Gasteiger partial charge is 0.493 e. The van der Waals surface area contributed by atoms with Gasteiger partial charge in [-0.2, -0.15) is 0 Å². The van der Waals surface area contributed by atoms with Crippen molar-refractivity contribution in [2.75, 3.05) is 31.4 Å². The maximum absolute atomic E-state index is 12.2. The van der Waals surface area contributed by atoms with Crippen molar-refractivity contribution in [2.45, 2.75) is 19.8 Å². The molecule has 6 nitrogen and oxygen atoms in total. The summed E-state index contributed by atoms with van der Waals surface area (Å²) in [7, 11) is 3.15. The van der Waals surface area contributed by atoms with E-state index in [1.165, 1.54) is 0 Å². The number of nitrogens with one attached hydrogen (secondary N) is 2. The summed E-state index contributed by atoms with van der Waals surface area (Å²) in [4.78, 5) is 16.4. The first kappa shape index (κ1) is 17.6. The second-order valence-corrected chi connectivity index (χ2v) is 5.27. The molecule has 0 aliphatic heterocycles. The lowest BCUT2D eigenvalue weighted by molar-refractivity contribution is -0.115. The molecule has 0 saturated heterocycles. The molecule has 2 N–H and O–H groups in total. The lowest BCUT2D eigenvalue weighted by atomic mass is 10.1. The quantitative estimate of drug-likeness (QED) is 0.778. The molecule has 0 atom stereocenters. The summed E-state index contributed by atoms with van der Waals surface area (Å²) in [6.45, 7) is 3.00. The Balaban J connectivity index is 1.95. The van der Waals surface area contributed by atoms with Crippen LogP contribution in [0.4, 0.5) is 11.5 Å². The molecule has 0 spiro atoms. The van der Waals surface area contributed by atoms with Crippen molar-refractivity contribution in [3.63, 3.8) is 0 Å². The third kappa shape index (κ3) is 4.87. The molecule has 1 aromatic heterocycles. The van der Waals surface area contributed by atoms with Gasteiger partial charge in [0.25, 0.3) is 0 Å². The molecule has 6 heteroatoms. The predicted molar refractivity (Wildman–Crippen MR) is 94.9 cm³/mol. The number of benzene rings is 1. The molecule has 2 rings (SSSR count). The number of ether oxygens (including phenoxy) is 2. The molecule has 1 amide bonds. The van der Waals surface area contributed by atoms with Crippen molar-refractivity contribution < 1.29 is 14.3 Å². The maximum Gasteiger partial charge on any atom is 0.229 e. The van der Waals surface area contributed by atoms with Gasteiger partial charge < -0.3 is 20.1 Å². The molecule has 0 fully saturated rings. The summed E-state index contributed by atoms with van der Waals surface area (Å²) < 4.78 is 10.4. The Hall–Kier alpha value is -2.76. The van der Waals surface area contributed by atoms with Crippen LogP contribution in [0.15, 0.2) is 36.5 Å². The summed E-state index contributed by atoms with van der Waals surface area (Å²) in [5.41, 5.74) is 1.78. The minimum Gasteiger partial charge on any atom is -0.493 e. The average molecular weight is 329 g/mol. The van der Waals surface area contributed by atoms with Gasteiger partial charge in [0.2, 0.25) is 5.91 Å². The zero-order valence-electron chi connectivity index (χ0n) is 14.3. The molecule has 0 unspecified atom stereocenters. The van der Waals surface area contributed by atoms with E-state index >= 15 is 0 Å². The molecule has 0 aliphatic rings. The average Bonchev–Trinajstić information content (AvgIpc) is 2.61. The van der Waals surface area contributed by atoms with Crippen LogP contribution in [-0.4, -0.2) is 31.7 Å². The molecule has 0 saturated carbocycles. The van der Waals surface area contributed by atoms with Crippen LogP contribution in [0, 0.1) is 0 Å². The van der Waals surface area contributed by atoms with Crippen molar-refractivity contribution in [2.24, 2.45) is 0 Å². The Morgan fingerprint density at radius 3 is 2.54 bits per heavy atom. The molecule has 0 radical (unpaired) electrons. The van der Waals surface area contributed by atoms with Crippen LogP contribution in [-0.2, 0) is 11.2 Å². The van der Waals surface area contributed by atoms with E-state index in [0.717, 1.165) is 24.2 Å². The van der Waals surface area contributed by atoms with Gasteiger partial charge in [-0.1, -0.05) is 13.0 Å². The number of methoxy groups -OCH3 is 2. The number of hydrogen-bond acceptors (Lipinski definition) is 5. The summed E-state index contributed by atoms with van der Waals surface area (Å²) in [5.74, 6) is 1.64. The van der Waals surface area contributed by atoms with Gasteiger partial charge in [0.15, 0.2) is 11.5 Å². The Bertz CT molecular complexity index is 672. The zero-order chi connectivity index (χ0) is 17.4. The van der Waals surface area contributed by atoms with Gasteiger partial charge in [-0.25, -0.2) is 4.98 Å². The minimum atomic E-state index is -0.135. The van der Waals surface area contributed by atoms with E-state index in [2.05, 4.69) is 22.5 Å². The van der Waals surface area contributed by atoms with E-state index in [4.69, 9.17) is 9.47 Å². The second-order valence-electron chi connectivity index (χ2n) is 5.27. The van der Waals surface area contributed by atoms with E-state index < -0.39 is 0 Å². The zero-order valence-corrected chi connectivity index (χ0v) is 14.3. The summed E-state index contributed by atoms with van der Waals surface area (Å²) in [6.07, 6.45) is 2.99. The van der Waals surface area contributed by atoms with Crippen LogP contribution in [0.2, 0.25) is 0 Å². The van der Waals surface area contributed by atoms with E-state index in [1.54, 1.807) is 38.6 Å². The summed E-state index contributed by atoms with van der Waals surface area (Å²) in [5, 5.41) is 6.03. The van der Waals surface area contributed by atoms with Crippen LogP contribution in [0.25, 0.3) is 0 Å². The first-order valence-electron chi connectivity index (χ1n) is 7.87. The molecular formula is C18H23N3O3. The van der Waals surface area contributed by atoms with Gasteiger partial charge in [-0.3, -0.25) is 4.79 Å². The normalized spacial score (nSPS) is 10.1. The number of hydrogen-bond donors (Lipinski definition) is 2. The molecule has 128 valence electrons. The number of anilines is 2. The molecule has 1 heterocycles. The van der Waals surface area contributed by atoms with Crippen molar-refractivity contribution in [3.8, 4) is 11.5 Å². The monoisotopic (exact) mass is 329 g/mol. The molecular weight excluding hydrogens is 306 g/mol. The predicted octanol–water partition coefficient (Wildman–Crippen LogP) is 3.10. The third-order valence-corrected chi connectivity index (χ3v) is 3.42. The maximum atomic E-state index is 12.2. The lowest BCUT2D eigenvalue weighted by Crippen LogP contribution is -2.15. The number of aromatic nitrogens is 1. The number of nitrogens with zero attached hydrogens (tertiary/aromatic N) is 1. The van der Waals surface area contributed by atoms with Gasteiger partial charge in [-0.15, -0.1) is 0 Å². The highest BCUT2D eigenvalue weighted by Gasteiger charge is 2.09. The smallest absolute Gasteiger partial charge is 0.229 e. The summed E-state index contributed by atoms with van der Waals surface area (Å²) in [6, 6.07) is 9.10. The minimum absolute atomic E-state index is 0.135. The Morgan fingerprint density at radius 1 is 1.12 bits per heavy atom. The highest BCUT2D eigenvalue weighted by atomic mass is 16.5. The van der Waals surface area contributed by atoms with Gasteiger partial charge in [0, 0.05) is 6.54 Å². The molecule has 1 aromatic carbocycles. The second kappa shape index (κ2) is 8.76. The number of rotatable bonds is 8. The Morgan fingerprint density at radius 2 is 1.92 bits per heavy atom. The highest BCUT2D eigenvalue weighted by Crippen LogP contribution is 2.27. The van der Waals surface area contributed by atoms with E-state index in [1.807, 2.05) is 12.1 Å². The third-order valence-electron chi connectivity index (χ3n) is 3.42. The number of amides is 1. The standard InChI is InChI=1S/C18H23N3O3/c1-4-9-19-14-6-8-17(20-12-14)21-18(22)11-13-5-7-15(23-2)16(10-13)24-3/h5-8,10,12,19H,4,9,11H2,1-3H3,(H,20,21,22). The summed E-state index contributed by atoms with van der Waals surface area (Å²) >= 11 is 0. The van der Waals surface area contributed by atoms with Crippen LogP contribution in [0.3, 0.4) is 0 Å². The topological polar surface area (TPSA) is 72.5 Å². The van der Waals surface area contributed by atoms with Crippen LogP contribution < -0.4 is 20.1 Å². The first-order chi connectivity index (χ1) is 11.7. The fourth-order valence-electron chi connectivity index (χ4n) is 2.20. The molecule has 0 bridgehead atoms. The molecule has 24 heavy (non-hydrogen) atoms. The lowest BCUT2D eigenvalue weighted by Gasteiger charge is -2.10. The molecule has 2 aromatic rings. The van der Waals surface area contributed by atoms with Crippen LogP contribution in [0.1, 0.15) is 18.9 Å². The van der Waals surface area contributed by atoms with Crippen LogP contribution in [0.5, 0.6) is 11.5 Å². The van der Waals surface area contributed by atoms with Crippen molar-refractivity contribution >= 4 is 17.4 Å². The first-order valence-corrected chi connectivity index (χ1v) is 7.87. The van der Waals surface area contributed by atoms with Crippen molar-refractivity contribution in [1.82, 2.24) is 4.98 Å². The van der Waals surface area contributed by atoms with E-state index in [-0.39, 0.29) is 12.3 Å². The van der Waals surface area contributed by atoms with Gasteiger partial charge in [-0.05, 0) is 36.2 Å². The Kier molecular flexibility index (Phi) is 6.42. The fourth-order valence-corrected chi connectivity index (χ4v) is 2.20.